The molecule has 1 unspecified atom stereocenters. The van der Waals surface area contributed by atoms with E-state index in [0.29, 0.717) is 24.6 Å². The van der Waals surface area contributed by atoms with Gasteiger partial charge in [0.25, 0.3) is 10.2 Å². The van der Waals surface area contributed by atoms with E-state index in [9.17, 15) is 8.42 Å². The third-order valence-electron chi connectivity index (χ3n) is 1.95. The lowest BCUT2D eigenvalue weighted by molar-refractivity contribution is 0.424. The third kappa shape index (κ3) is 2.60. The molecule has 0 aromatic carbocycles. The quantitative estimate of drug-likeness (QED) is 0.605. The summed E-state index contributed by atoms with van der Waals surface area (Å²) >= 11 is 4.76. The SMILES string of the molecule is CC(CN1CCNS1(=O)=O)C(N)=S. The Hall–Kier alpha value is -0.240. The molecule has 0 aromatic rings. The van der Waals surface area contributed by atoms with Crippen LogP contribution in [0, 0.1) is 5.92 Å². The molecule has 0 saturated carbocycles. The molecule has 1 saturated heterocycles. The van der Waals surface area contributed by atoms with Crippen LogP contribution in [0.1, 0.15) is 6.92 Å². The van der Waals surface area contributed by atoms with Gasteiger partial charge in [0.1, 0.15) is 0 Å². The van der Waals surface area contributed by atoms with Gasteiger partial charge in [-0.05, 0) is 0 Å². The van der Waals surface area contributed by atoms with Crippen molar-refractivity contribution in [2.24, 2.45) is 11.7 Å². The Bertz CT molecular complexity index is 301. The molecule has 0 spiro atoms. The topological polar surface area (TPSA) is 75.4 Å². The highest BCUT2D eigenvalue weighted by Crippen LogP contribution is 2.08. The second-order valence-electron chi connectivity index (χ2n) is 3.06. The zero-order chi connectivity index (χ0) is 10.1. The van der Waals surface area contributed by atoms with Crippen LogP contribution in [0.15, 0.2) is 0 Å². The predicted octanol–water partition coefficient (Wildman–Crippen LogP) is -0.941. The Labute approximate surface area is 83.5 Å². The number of rotatable bonds is 3. The van der Waals surface area contributed by atoms with Gasteiger partial charge < -0.3 is 5.73 Å². The van der Waals surface area contributed by atoms with Crippen molar-refractivity contribution in [2.45, 2.75) is 6.92 Å². The maximum Gasteiger partial charge on any atom is 0.279 e. The first-order chi connectivity index (χ1) is 5.93. The lowest BCUT2D eigenvalue weighted by Gasteiger charge is -2.17. The van der Waals surface area contributed by atoms with Crippen molar-refractivity contribution < 1.29 is 8.42 Å². The summed E-state index contributed by atoms with van der Waals surface area (Å²) in [5, 5.41) is 0. The van der Waals surface area contributed by atoms with Crippen LogP contribution in [0.25, 0.3) is 0 Å². The number of nitrogens with two attached hydrogens (primary N) is 1. The van der Waals surface area contributed by atoms with E-state index in [-0.39, 0.29) is 5.92 Å². The average Bonchev–Trinajstić information content (AvgIpc) is 2.30. The van der Waals surface area contributed by atoms with Crippen molar-refractivity contribution in [2.75, 3.05) is 19.6 Å². The van der Waals surface area contributed by atoms with Crippen molar-refractivity contribution in [3.8, 4) is 0 Å². The molecule has 1 aliphatic heterocycles. The van der Waals surface area contributed by atoms with Gasteiger partial charge in [-0.1, -0.05) is 19.1 Å². The van der Waals surface area contributed by atoms with Crippen LogP contribution in [0.5, 0.6) is 0 Å². The number of nitrogens with one attached hydrogen (secondary N) is 1. The summed E-state index contributed by atoms with van der Waals surface area (Å²) in [5.41, 5.74) is 5.39. The molecule has 3 N–H and O–H groups in total. The van der Waals surface area contributed by atoms with Crippen molar-refractivity contribution in [1.82, 2.24) is 9.03 Å². The maximum absolute atomic E-state index is 11.3. The van der Waals surface area contributed by atoms with Crippen LogP contribution < -0.4 is 10.5 Å². The summed E-state index contributed by atoms with van der Waals surface area (Å²) < 4.78 is 26.3. The van der Waals surface area contributed by atoms with E-state index in [1.54, 1.807) is 0 Å². The smallest absolute Gasteiger partial charge is 0.279 e. The van der Waals surface area contributed by atoms with Gasteiger partial charge in [0.15, 0.2) is 0 Å². The summed E-state index contributed by atoms with van der Waals surface area (Å²) in [4.78, 5) is 0.349. The number of hydrogen-bond donors (Lipinski definition) is 2. The highest BCUT2D eigenvalue weighted by molar-refractivity contribution is 7.87. The molecule has 13 heavy (non-hydrogen) atoms. The fourth-order valence-corrected chi connectivity index (χ4v) is 2.45. The molecule has 0 aliphatic carbocycles. The van der Waals surface area contributed by atoms with Crippen LogP contribution in [0.2, 0.25) is 0 Å². The largest absolute Gasteiger partial charge is 0.393 e. The Morgan fingerprint density at radius 2 is 2.38 bits per heavy atom. The first-order valence-electron chi connectivity index (χ1n) is 3.97. The van der Waals surface area contributed by atoms with Crippen molar-refractivity contribution in [3.63, 3.8) is 0 Å². The molecule has 0 radical (unpaired) electrons. The van der Waals surface area contributed by atoms with E-state index >= 15 is 0 Å². The fourth-order valence-electron chi connectivity index (χ4n) is 1.10. The summed E-state index contributed by atoms with van der Waals surface area (Å²) in [6.45, 7) is 3.14. The van der Waals surface area contributed by atoms with Crippen molar-refractivity contribution in [3.05, 3.63) is 0 Å². The minimum atomic E-state index is -3.25. The molecule has 1 aliphatic rings. The Kier molecular flexibility index (Phi) is 3.23. The first-order valence-corrected chi connectivity index (χ1v) is 5.82. The summed E-state index contributed by atoms with van der Waals surface area (Å²) in [5.74, 6) is -0.0790. The maximum atomic E-state index is 11.3. The minimum Gasteiger partial charge on any atom is -0.393 e. The summed E-state index contributed by atoms with van der Waals surface area (Å²) in [6.07, 6.45) is 0. The molecular weight excluding hydrogens is 210 g/mol. The zero-order valence-corrected chi connectivity index (χ0v) is 8.99. The average molecular weight is 223 g/mol. The normalized spacial score (nSPS) is 24.4. The van der Waals surface area contributed by atoms with Gasteiger partial charge in [0, 0.05) is 25.6 Å². The lowest BCUT2D eigenvalue weighted by Crippen LogP contribution is -2.36. The van der Waals surface area contributed by atoms with Gasteiger partial charge in [-0.25, -0.2) is 4.72 Å². The van der Waals surface area contributed by atoms with Gasteiger partial charge in [0.05, 0.1) is 4.99 Å². The molecule has 1 fully saturated rings. The van der Waals surface area contributed by atoms with Gasteiger partial charge in [-0.3, -0.25) is 0 Å². The van der Waals surface area contributed by atoms with Crippen LogP contribution in [-0.4, -0.2) is 37.3 Å². The van der Waals surface area contributed by atoms with Crippen LogP contribution in [0.3, 0.4) is 0 Å². The van der Waals surface area contributed by atoms with Gasteiger partial charge in [-0.2, -0.15) is 12.7 Å². The molecule has 76 valence electrons. The first kappa shape index (κ1) is 10.8. The van der Waals surface area contributed by atoms with Gasteiger partial charge >= 0.3 is 0 Å². The molecule has 1 heterocycles. The Morgan fingerprint density at radius 3 is 2.77 bits per heavy atom. The molecule has 5 nitrogen and oxygen atoms in total. The summed E-state index contributed by atoms with van der Waals surface area (Å²) in [7, 11) is -3.25. The molecular formula is C6H13N3O2S2. The molecule has 1 rings (SSSR count). The van der Waals surface area contributed by atoms with Crippen molar-refractivity contribution in [1.29, 1.82) is 0 Å². The third-order valence-corrected chi connectivity index (χ3v) is 3.93. The molecule has 0 bridgehead atoms. The molecule has 1 atom stereocenters. The van der Waals surface area contributed by atoms with Crippen LogP contribution in [-0.2, 0) is 10.2 Å². The second kappa shape index (κ2) is 3.87. The van der Waals surface area contributed by atoms with E-state index in [0.717, 1.165) is 0 Å². The van der Waals surface area contributed by atoms with Gasteiger partial charge in [0.2, 0.25) is 0 Å². The highest BCUT2D eigenvalue weighted by Gasteiger charge is 2.29. The highest BCUT2D eigenvalue weighted by atomic mass is 32.2. The number of hydrogen-bond acceptors (Lipinski definition) is 3. The second-order valence-corrected chi connectivity index (χ2v) is 5.29. The van der Waals surface area contributed by atoms with E-state index in [4.69, 9.17) is 18.0 Å². The zero-order valence-electron chi connectivity index (χ0n) is 7.36. The van der Waals surface area contributed by atoms with E-state index < -0.39 is 10.2 Å². The Balaban J connectivity index is 2.60. The molecule has 0 amide bonds. The minimum absolute atomic E-state index is 0.0790. The number of nitrogens with zero attached hydrogens (tertiary/aromatic N) is 1. The summed E-state index contributed by atoms with van der Waals surface area (Å²) in [6, 6.07) is 0. The van der Waals surface area contributed by atoms with Crippen LogP contribution >= 0.6 is 12.2 Å². The van der Waals surface area contributed by atoms with E-state index in [1.807, 2.05) is 6.92 Å². The molecule has 0 aromatic heterocycles. The lowest BCUT2D eigenvalue weighted by atomic mass is 10.2. The van der Waals surface area contributed by atoms with E-state index in [2.05, 4.69) is 4.72 Å². The van der Waals surface area contributed by atoms with Crippen molar-refractivity contribution >= 4 is 27.4 Å². The molecule has 7 heteroatoms. The van der Waals surface area contributed by atoms with Gasteiger partial charge in [-0.15, -0.1) is 0 Å². The monoisotopic (exact) mass is 223 g/mol. The Morgan fingerprint density at radius 1 is 1.77 bits per heavy atom. The van der Waals surface area contributed by atoms with Crippen LogP contribution in [0.4, 0.5) is 0 Å². The van der Waals surface area contributed by atoms with E-state index in [1.165, 1.54) is 4.31 Å². The predicted molar refractivity (Wildman–Crippen MR) is 54.4 cm³/mol. The standard InChI is InChI=1S/C6H13N3O2S2/c1-5(6(7)12)4-9-3-2-8-13(9,10)11/h5,8H,2-4H2,1H3,(H2,7,12). The number of thiocarbonyl (C=S) groups is 1. The fraction of sp³-hybridized carbons (Fsp3) is 0.833.